The van der Waals surface area contributed by atoms with Crippen LogP contribution in [-0.2, 0) is 6.42 Å². The number of nitrogens with zero attached hydrogens (tertiary/aromatic N) is 1. The molecule has 0 radical (unpaired) electrons. The maximum atomic E-state index is 13.1. The summed E-state index contributed by atoms with van der Waals surface area (Å²) in [7, 11) is 3.88. The van der Waals surface area contributed by atoms with E-state index in [1.807, 2.05) is 63.2 Å². The summed E-state index contributed by atoms with van der Waals surface area (Å²) in [4.78, 5) is 15.1. The number of benzene rings is 2. The standard InChI is InChI=1S/C22H23NO4/c1-13(2)8-9-17-21(26)20-18(25)11-16(24)12-19(20)27-22(17)14-6-5-7-15(10-14)23(3)4/h5-8,10-12,24-25H,9H2,1-4H3. The predicted molar refractivity (Wildman–Crippen MR) is 109 cm³/mol. The van der Waals surface area contributed by atoms with Crippen molar-refractivity contribution in [1.29, 1.82) is 0 Å². The lowest BCUT2D eigenvalue weighted by Gasteiger charge is -2.15. The molecule has 0 saturated heterocycles. The Labute approximate surface area is 157 Å². The van der Waals surface area contributed by atoms with E-state index < -0.39 is 0 Å². The summed E-state index contributed by atoms with van der Waals surface area (Å²) in [6, 6.07) is 10.2. The zero-order valence-electron chi connectivity index (χ0n) is 15.9. The minimum absolute atomic E-state index is 0.0810. The first kappa shape index (κ1) is 18.6. The summed E-state index contributed by atoms with van der Waals surface area (Å²) in [6.45, 7) is 3.93. The fourth-order valence-electron chi connectivity index (χ4n) is 2.97. The Morgan fingerprint density at radius 1 is 1.15 bits per heavy atom. The Morgan fingerprint density at radius 3 is 2.56 bits per heavy atom. The van der Waals surface area contributed by atoms with E-state index in [0.717, 1.165) is 22.9 Å². The average molecular weight is 365 g/mol. The first-order valence-electron chi connectivity index (χ1n) is 8.70. The quantitative estimate of drug-likeness (QED) is 0.669. The molecule has 0 bridgehead atoms. The van der Waals surface area contributed by atoms with Crippen LogP contribution >= 0.6 is 0 Å². The highest BCUT2D eigenvalue weighted by Gasteiger charge is 2.19. The van der Waals surface area contributed by atoms with Gasteiger partial charge < -0.3 is 19.5 Å². The van der Waals surface area contributed by atoms with Gasteiger partial charge in [0.1, 0.15) is 28.2 Å². The van der Waals surface area contributed by atoms with Crippen LogP contribution in [0.5, 0.6) is 11.5 Å². The number of fused-ring (bicyclic) bond motifs is 1. The second-order valence-electron chi connectivity index (χ2n) is 7.01. The molecule has 0 saturated carbocycles. The van der Waals surface area contributed by atoms with Crippen LogP contribution in [0.3, 0.4) is 0 Å². The van der Waals surface area contributed by atoms with Gasteiger partial charge in [-0.2, -0.15) is 0 Å². The summed E-state index contributed by atoms with van der Waals surface area (Å²) in [6.07, 6.45) is 2.34. The molecule has 0 fully saturated rings. The van der Waals surface area contributed by atoms with Gasteiger partial charge in [0.2, 0.25) is 5.43 Å². The molecule has 27 heavy (non-hydrogen) atoms. The van der Waals surface area contributed by atoms with Crippen molar-refractivity contribution in [3.63, 3.8) is 0 Å². The Bertz CT molecular complexity index is 1090. The van der Waals surface area contributed by atoms with Gasteiger partial charge in [0.05, 0.1) is 0 Å². The van der Waals surface area contributed by atoms with E-state index in [1.54, 1.807) is 0 Å². The van der Waals surface area contributed by atoms with Crippen LogP contribution < -0.4 is 10.3 Å². The Kier molecular flexibility index (Phi) is 4.95. The third-order valence-electron chi connectivity index (χ3n) is 4.39. The lowest BCUT2D eigenvalue weighted by Crippen LogP contribution is -2.12. The molecule has 0 aliphatic rings. The van der Waals surface area contributed by atoms with Crippen molar-refractivity contribution in [3.8, 4) is 22.8 Å². The lowest BCUT2D eigenvalue weighted by molar-refractivity contribution is 0.452. The van der Waals surface area contributed by atoms with Gasteiger partial charge in [0, 0.05) is 43.0 Å². The fourth-order valence-corrected chi connectivity index (χ4v) is 2.97. The number of phenols is 2. The molecule has 0 unspecified atom stereocenters. The monoisotopic (exact) mass is 365 g/mol. The summed E-state index contributed by atoms with van der Waals surface area (Å²) < 4.78 is 6.02. The third kappa shape index (κ3) is 3.67. The maximum Gasteiger partial charge on any atom is 0.200 e. The number of anilines is 1. The van der Waals surface area contributed by atoms with Crippen LogP contribution in [0.2, 0.25) is 0 Å². The van der Waals surface area contributed by atoms with Crippen molar-refractivity contribution in [2.45, 2.75) is 20.3 Å². The van der Waals surface area contributed by atoms with E-state index in [1.165, 1.54) is 6.07 Å². The Morgan fingerprint density at radius 2 is 1.89 bits per heavy atom. The van der Waals surface area contributed by atoms with Crippen molar-refractivity contribution in [3.05, 3.63) is 63.8 Å². The van der Waals surface area contributed by atoms with Gasteiger partial charge in [-0.05, 0) is 32.4 Å². The third-order valence-corrected chi connectivity index (χ3v) is 4.39. The second-order valence-corrected chi connectivity index (χ2v) is 7.01. The van der Waals surface area contributed by atoms with Crippen molar-refractivity contribution < 1.29 is 14.6 Å². The minimum atomic E-state index is -0.295. The van der Waals surface area contributed by atoms with E-state index in [9.17, 15) is 15.0 Å². The molecule has 0 aliphatic carbocycles. The highest BCUT2D eigenvalue weighted by Crippen LogP contribution is 2.33. The smallest absolute Gasteiger partial charge is 0.200 e. The van der Waals surface area contributed by atoms with Crippen molar-refractivity contribution >= 4 is 16.7 Å². The molecule has 2 aromatic carbocycles. The molecule has 1 heterocycles. The molecule has 2 N–H and O–H groups in total. The number of rotatable bonds is 4. The number of aromatic hydroxyl groups is 2. The first-order chi connectivity index (χ1) is 12.8. The zero-order chi connectivity index (χ0) is 19.7. The van der Waals surface area contributed by atoms with Gasteiger partial charge in [0.25, 0.3) is 0 Å². The molecule has 0 spiro atoms. The van der Waals surface area contributed by atoms with Gasteiger partial charge >= 0.3 is 0 Å². The normalized spacial score (nSPS) is 10.8. The Hall–Kier alpha value is -3.21. The minimum Gasteiger partial charge on any atom is -0.508 e. The number of phenolic OH excluding ortho intramolecular Hbond substituents is 2. The molecule has 5 heteroatoms. The summed E-state index contributed by atoms with van der Waals surface area (Å²) in [5.74, 6) is -0.00215. The molecule has 3 aromatic rings. The molecular formula is C22H23NO4. The summed E-state index contributed by atoms with van der Waals surface area (Å²) in [5.41, 5.74) is 3.15. The van der Waals surface area contributed by atoms with Crippen molar-refractivity contribution in [1.82, 2.24) is 0 Å². The van der Waals surface area contributed by atoms with Crippen LogP contribution in [0.25, 0.3) is 22.3 Å². The topological polar surface area (TPSA) is 73.9 Å². The van der Waals surface area contributed by atoms with Gasteiger partial charge in [-0.25, -0.2) is 0 Å². The molecule has 0 atom stereocenters. The Balaban J connectivity index is 2.35. The van der Waals surface area contributed by atoms with E-state index in [-0.39, 0.29) is 27.9 Å². The molecular weight excluding hydrogens is 342 g/mol. The van der Waals surface area contributed by atoms with Gasteiger partial charge in [-0.3, -0.25) is 4.79 Å². The largest absolute Gasteiger partial charge is 0.508 e. The van der Waals surface area contributed by atoms with Gasteiger partial charge in [0.15, 0.2) is 0 Å². The number of hydrogen-bond donors (Lipinski definition) is 2. The zero-order valence-corrected chi connectivity index (χ0v) is 15.9. The van der Waals surface area contributed by atoms with E-state index in [0.29, 0.717) is 17.7 Å². The van der Waals surface area contributed by atoms with Crippen LogP contribution in [0, 0.1) is 0 Å². The summed E-state index contributed by atoms with van der Waals surface area (Å²) >= 11 is 0. The van der Waals surface area contributed by atoms with Crippen LogP contribution in [0.1, 0.15) is 19.4 Å². The van der Waals surface area contributed by atoms with E-state index >= 15 is 0 Å². The van der Waals surface area contributed by atoms with E-state index in [4.69, 9.17) is 4.42 Å². The lowest BCUT2D eigenvalue weighted by atomic mass is 10.0. The van der Waals surface area contributed by atoms with Crippen molar-refractivity contribution in [2.24, 2.45) is 0 Å². The predicted octanol–water partition coefficient (Wildman–Crippen LogP) is 4.45. The van der Waals surface area contributed by atoms with E-state index in [2.05, 4.69) is 0 Å². The van der Waals surface area contributed by atoms with Crippen molar-refractivity contribution in [2.75, 3.05) is 19.0 Å². The number of allylic oxidation sites excluding steroid dienone is 2. The molecule has 0 amide bonds. The molecule has 140 valence electrons. The molecule has 0 aliphatic heterocycles. The maximum absolute atomic E-state index is 13.1. The highest BCUT2D eigenvalue weighted by atomic mass is 16.3. The second kappa shape index (κ2) is 7.19. The highest BCUT2D eigenvalue weighted by molar-refractivity contribution is 5.87. The molecule has 5 nitrogen and oxygen atoms in total. The van der Waals surface area contributed by atoms with Crippen LogP contribution in [0.4, 0.5) is 5.69 Å². The molecule has 1 aromatic heterocycles. The average Bonchev–Trinajstić information content (AvgIpc) is 2.59. The molecule has 3 rings (SSSR count). The van der Waals surface area contributed by atoms with Gasteiger partial charge in [-0.1, -0.05) is 23.8 Å². The van der Waals surface area contributed by atoms with Gasteiger partial charge in [-0.15, -0.1) is 0 Å². The van der Waals surface area contributed by atoms with Crippen LogP contribution in [0.15, 0.2) is 57.3 Å². The fraction of sp³-hybridized carbons (Fsp3) is 0.227. The number of hydrogen-bond acceptors (Lipinski definition) is 5. The first-order valence-corrected chi connectivity index (χ1v) is 8.70. The van der Waals surface area contributed by atoms with Crippen LogP contribution in [-0.4, -0.2) is 24.3 Å². The SMILES string of the molecule is CC(C)=CCc1c(-c2cccc(N(C)C)c2)oc2cc(O)cc(O)c2c1=O. The summed E-state index contributed by atoms with van der Waals surface area (Å²) in [5, 5.41) is 20.0.